The number of hydrogen-bond acceptors (Lipinski definition) is 3. The fourth-order valence-corrected chi connectivity index (χ4v) is 4.17. The Kier molecular flexibility index (Phi) is 5.43. The molecule has 6 heteroatoms. The highest BCUT2D eigenvalue weighted by Gasteiger charge is 2.25. The highest BCUT2D eigenvalue weighted by molar-refractivity contribution is 5.84. The standard InChI is InChI=1S/C23H25FN2O3/c1-28-21-6-3-15(11-22(21)29-2)12-23(27)26-9-7-16(8-10-26)19-14-25-20-5-4-17(24)13-18(19)20/h3-6,11,13-14,16,25H,7-10,12H2,1-2H3. The van der Waals surface area contributed by atoms with Crippen LogP contribution in [-0.2, 0) is 11.2 Å². The molecule has 0 spiro atoms. The molecule has 0 saturated carbocycles. The van der Waals surface area contributed by atoms with Gasteiger partial charge in [0.05, 0.1) is 20.6 Å². The van der Waals surface area contributed by atoms with E-state index >= 15 is 0 Å². The number of aromatic amines is 1. The van der Waals surface area contributed by atoms with Gasteiger partial charge in [-0.2, -0.15) is 0 Å². The van der Waals surface area contributed by atoms with E-state index in [9.17, 15) is 9.18 Å². The molecule has 2 aromatic carbocycles. The number of hydrogen-bond donors (Lipinski definition) is 1. The molecular formula is C23H25FN2O3. The molecule has 0 atom stereocenters. The van der Waals surface area contributed by atoms with Crippen LogP contribution in [0.4, 0.5) is 4.39 Å². The van der Waals surface area contributed by atoms with Gasteiger partial charge in [0.25, 0.3) is 0 Å². The predicted octanol–water partition coefficient (Wildman–Crippen LogP) is 4.27. The molecule has 1 saturated heterocycles. The van der Waals surface area contributed by atoms with Crippen LogP contribution in [0.2, 0.25) is 0 Å². The third-order valence-electron chi connectivity index (χ3n) is 5.77. The van der Waals surface area contributed by atoms with E-state index in [2.05, 4.69) is 4.98 Å². The number of amides is 1. The van der Waals surface area contributed by atoms with Crippen LogP contribution in [0.15, 0.2) is 42.6 Å². The van der Waals surface area contributed by atoms with Crippen molar-refractivity contribution in [3.63, 3.8) is 0 Å². The summed E-state index contributed by atoms with van der Waals surface area (Å²) in [5.74, 6) is 1.50. The number of likely N-dealkylation sites (tertiary alicyclic amines) is 1. The number of benzene rings is 2. The van der Waals surface area contributed by atoms with Crippen molar-refractivity contribution in [1.29, 1.82) is 0 Å². The van der Waals surface area contributed by atoms with Crippen molar-refractivity contribution in [3.8, 4) is 11.5 Å². The lowest BCUT2D eigenvalue weighted by Gasteiger charge is -2.32. The molecule has 0 unspecified atom stereocenters. The molecule has 1 aliphatic heterocycles. The molecular weight excluding hydrogens is 371 g/mol. The number of nitrogens with zero attached hydrogens (tertiary/aromatic N) is 1. The maximum atomic E-state index is 13.7. The average Bonchev–Trinajstić information content (AvgIpc) is 3.16. The van der Waals surface area contributed by atoms with Gasteiger partial charge in [-0.15, -0.1) is 0 Å². The number of carbonyl (C=O) groups is 1. The number of piperidine rings is 1. The zero-order valence-corrected chi connectivity index (χ0v) is 16.7. The fourth-order valence-electron chi connectivity index (χ4n) is 4.17. The van der Waals surface area contributed by atoms with Gasteiger partial charge in [0.15, 0.2) is 11.5 Å². The van der Waals surface area contributed by atoms with Gasteiger partial charge in [-0.1, -0.05) is 6.07 Å². The van der Waals surface area contributed by atoms with Crippen LogP contribution in [0.3, 0.4) is 0 Å². The topological polar surface area (TPSA) is 54.6 Å². The molecule has 0 bridgehead atoms. The summed E-state index contributed by atoms with van der Waals surface area (Å²) in [4.78, 5) is 17.9. The summed E-state index contributed by atoms with van der Waals surface area (Å²) < 4.78 is 24.2. The molecule has 152 valence electrons. The third kappa shape index (κ3) is 3.92. The van der Waals surface area contributed by atoms with E-state index in [1.807, 2.05) is 29.3 Å². The van der Waals surface area contributed by atoms with Crippen molar-refractivity contribution < 1.29 is 18.7 Å². The minimum Gasteiger partial charge on any atom is -0.493 e. The Morgan fingerprint density at radius 1 is 1.10 bits per heavy atom. The molecule has 0 radical (unpaired) electrons. The zero-order chi connectivity index (χ0) is 20.4. The Morgan fingerprint density at radius 2 is 1.86 bits per heavy atom. The molecule has 1 aromatic heterocycles. The van der Waals surface area contributed by atoms with Gasteiger partial charge in [0.2, 0.25) is 5.91 Å². The van der Waals surface area contributed by atoms with E-state index in [1.54, 1.807) is 26.4 Å². The largest absolute Gasteiger partial charge is 0.493 e. The normalized spacial score (nSPS) is 14.9. The van der Waals surface area contributed by atoms with Crippen LogP contribution in [-0.4, -0.2) is 43.1 Å². The zero-order valence-electron chi connectivity index (χ0n) is 16.7. The number of halogens is 1. The molecule has 4 rings (SSSR count). The van der Waals surface area contributed by atoms with Crippen LogP contribution in [0, 0.1) is 5.82 Å². The second-order valence-corrected chi connectivity index (χ2v) is 7.46. The number of methoxy groups -OCH3 is 2. The van der Waals surface area contributed by atoms with Gasteiger partial charge < -0.3 is 19.4 Å². The first-order valence-corrected chi connectivity index (χ1v) is 9.84. The SMILES string of the molecule is COc1ccc(CC(=O)N2CCC(c3c[nH]c4ccc(F)cc34)CC2)cc1OC. The minimum absolute atomic E-state index is 0.112. The number of carbonyl (C=O) groups excluding carboxylic acids is 1. The van der Waals surface area contributed by atoms with Crippen LogP contribution in [0.5, 0.6) is 11.5 Å². The van der Waals surface area contributed by atoms with E-state index in [-0.39, 0.29) is 11.7 Å². The number of H-pyrrole nitrogens is 1. The van der Waals surface area contributed by atoms with Gasteiger partial charge in [-0.25, -0.2) is 4.39 Å². The van der Waals surface area contributed by atoms with E-state index in [4.69, 9.17) is 9.47 Å². The third-order valence-corrected chi connectivity index (χ3v) is 5.77. The van der Waals surface area contributed by atoms with Crippen LogP contribution in [0.1, 0.15) is 29.9 Å². The Bertz CT molecular complexity index is 1020. The summed E-state index contributed by atoms with van der Waals surface area (Å²) in [6.45, 7) is 1.41. The molecule has 5 nitrogen and oxygen atoms in total. The second-order valence-electron chi connectivity index (χ2n) is 7.46. The molecule has 1 aliphatic rings. The van der Waals surface area contributed by atoms with E-state index < -0.39 is 0 Å². The monoisotopic (exact) mass is 396 g/mol. The molecule has 1 amide bonds. The van der Waals surface area contributed by atoms with Crippen molar-refractivity contribution in [3.05, 3.63) is 59.5 Å². The predicted molar refractivity (Wildman–Crippen MR) is 110 cm³/mol. The lowest BCUT2D eigenvalue weighted by atomic mass is 9.89. The first-order chi connectivity index (χ1) is 14.1. The van der Waals surface area contributed by atoms with Crippen LogP contribution >= 0.6 is 0 Å². The highest BCUT2D eigenvalue weighted by atomic mass is 19.1. The summed E-state index contributed by atoms with van der Waals surface area (Å²) in [7, 11) is 3.18. The first-order valence-electron chi connectivity index (χ1n) is 9.84. The summed E-state index contributed by atoms with van der Waals surface area (Å²) in [6.07, 6.45) is 4.07. The molecule has 2 heterocycles. The van der Waals surface area contributed by atoms with E-state index in [0.29, 0.717) is 36.9 Å². The number of rotatable bonds is 5. The molecule has 1 fully saturated rings. The minimum atomic E-state index is -0.221. The molecule has 3 aromatic rings. The van der Waals surface area contributed by atoms with Crippen molar-refractivity contribution in [2.24, 2.45) is 0 Å². The first kappa shape index (κ1) is 19.3. The van der Waals surface area contributed by atoms with Crippen molar-refractivity contribution >= 4 is 16.8 Å². The van der Waals surface area contributed by atoms with Crippen molar-refractivity contribution in [2.45, 2.75) is 25.2 Å². The number of ether oxygens (including phenoxy) is 2. The number of nitrogens with one attached hydrogen (secondary N) is 1. The van der Waals surface area contributed by atoms with E-state index in [1.165, 1.54) is 6.07 Å². The van der Waals surface area contributed by atoms with Gasteiger partial charge in [0.1, 0.15) is 5.82 Å². The van der Waals surface area contributed by atoms with Crippen LogP contribution in [0.25, 0.3) is 10.9 Å². The van der Waals surface area contributed by atoms with Crippen molar-refractivity contribution in [2.75, 3.05) is 27.3 Å². The highest BCUT2D eigenvalue weighted by Crippen LogP contribution is 2.34. The number of aromatic nitrogens is 1. The summed E-state index contributed by atoms with van der Waals surface area (Å²) in [5, 5.41) is 0.945. The maximum Gasteiger partial charge on any atom is 0.226 e. The number of fused-ring (bicyclic) bond motifs is 1. The second kappa shape index (κ2) is 8.15. The quantitative estimate of drug-likeness (QED) is 0.701. The van der Waals surface area contributed by atoms with Gasteiger partial charge >= 0.3 is 0 Å². The molecule has 29 heavy (non-hydrogen) atoms. The van der Waals surface area contributed by atoms with Gasteiger partial charge in [-0.3, -0.25) is 4.79 Å². The van der Waals surface area contributed by atoms with Crippen molar-refractivity contribution in [1.82, 2.24) is 9.88 Å². The Hall–Kier alpha value is -3.02. The summed E-state index contributed by atoms with van der Waals surface area (Å²) >= 11 is 0. The molecule has 0 aliphatic carbocycles. The molecule has 1 N–H and O–H groups in total. The Labute approximate surface area is 169 Å². The van der Waals surface area contributed by atoms with Gasteiger partial charge in [0, 0.05) is 30.2 Å². The fraction of sp³-hybridized carbons (Fsp3) is 0.348. The smallest absolute Gasteiger partial charge is 0.226 e. The van der Waals surface area contributed by atoms with E-state index in [0.717, 1.165) is 34.9 Å². The van der Waals surface area contributed by atoms with Crippen LogP contribution < -0.4 is 9.47 Å². The Morgan fingerprint density at radius 3 is 2.59 bits per heavy atom. The Balaban J connectivity index is 1.40. The lowest BCUT2D eigenvalue weighted by molar-refractivity contribution is -0.131. The average molecular weight is 396 g/mol. The summed E-state index contributed by atoms with van der Waals surface area (Å²) in [6, 6.07) is 10.4. The lowest BCUT2D eigenvalue weighted by Crippen LogP contribution is -2.38. The maximum absolute atomic E-state index is 13.7. The summed E-state index contributed by atoms with van der Waals surface area (Å²) in [5.41, 5.74) is 3.00. The van der Waals surface area contributed by atoms with Gasteiger partial charge in [-0.05, 0) is 60.2 Å².